The molecule has 172 valence electrons. The predicted octanol–water partition coefficient (Wildman–Crippen LogP) is 3.30. The summed E-state index contributed by atoms with van der Waals surface area (Å²) in [5, 5.41) is 17.6. The van der Waals surface area contributed by atoms with Crippen molar-refractivity contribution >= 4 is 40.7 Å². The number of aliphatic carboxylic acids is 1. The molecule has 32 heavy (non-hydrogen) atoms. The molecule has 7 N–H and O–H groups in total. The van der Waals surface area contributed by atoms with E-state index in [1.54, 1.807) is 11.8 Å². The Bertz CT molecular complexity index is 997. The summed E-state index contributed by atoms with van der Waals surface area (Å²) in [4.78, 5) is 23.2. The molecular weight excluding hydrogens is 447 g/mol. The number of halogens is 3. The molecule has 0 bridgehead atoms. The van der Waals surface area contributed by atoms with Gasteiger partial charge >= 0.3 is 12.1 Å². The van der Waals surface area contributed by atoms with Crippen LogP contribution in [0.25, 0.3) is 0 Å². The molecule has 2 heterocycles. The van der Waals surface area contributed by atoms with E-state index in [-0.39, 0.29) is 5.91 Å². The van der Waals surface area contributed by atoms with Crippen molar-refractivity contribution in [3.8, 4) is 0 Å². The Morgan fingerprint density at radius 3 is 2.41 bits per heavy atom. The van der Waals surface area contributed by atoms with Gasteiger partial charge in [-0.2, -0.15) is 13.2 Å². The summed E-state index contributed by atoms with van der Waals surface area (Å²) in [6, 6.07) is 12.3. The molecule has 0 aromatic heterocycles. The van der Waals surface area contributed by atoms with E-state index < -0.39 is 12.1 Å². The zero-order valence-electron chi connectivity index (χ0n) is 16.8. The van der Waals surface area contributed by atoms with Crippen molar-refractivity contribution in [2.24, 2.45) is 5.84 Å². The number of carboxylic acids is 1. The molecule has 2 aliphatic rings. The monoisotopic (exact) mass is 469 g/mol. The number of carboxylic acid groups (broad SMARTS) is 1. The molecule has 0 spiro atoms. The third-order valence-corrected chi connectivity index (χ3v) is 5.92. The second-order valence-corrected chi connectivity index (χ2v) is 8.15. The SMILES string of the molecule is NNC(=O)c1cc(NC2CCNCC2)c2c(c1)Sc1ccccc1N2.O=C(O)C(F)(F)F. The van der Waals surface area contributed by atoms with Crippen molar-refractivity contribution in [1.29, 1.82) is 0 Å². The molecule has 12 heteroatoms. The predicted molar refractivity (Wildman–Crippen MR) is 115 cm³/mol. The number of hydrogen-bond acceptors (Lipinski definition) is 7. The number of nitrogens with two attached hydrogens (primary N) is 1. The van der Waals surface area contributed by atoms with Crippen LogP contribution >= 0.6 is 11.8 Å². The van der Waals surface area contributed by atoms with Gasteiger partial charge in [0.25, 0.3) is 5.91 Å². The molecule has 1 fully saturated rings. The smallest absolute Gasteiger partial charge is 0.475 e. The second kappa shape index (κ2) is 10.1. The van der Waals surface area contributed by atoms with E-state index in [4.69, 9.17) is 15.7 Å². The fourth-order valence-corrected chi connectivity index (χ4v) is 4.31. The van der Waals surface area contributed by atoms with Gasteiger partial charge in [-0.15, -0.1) is 0 Å². The number of fused-ring (bicyclic) bond motifs is 2. The summed E-state index contributed by atoms with van der Waals surface area (Å²) in [5.74, 6) is 2.30. The quantitative estimate of drug-likeness (QED) is 0.196. The summed E-state index contributed by atoms with van der Waals surface area (Å²) < 4.78 is 31.7. The third-order valence-electron chi connectivity index (χ3n) is 4.80. The van der Waals surface area contributed by atoms with Gasteiger partial charge in [0.1, 0.15) is 0 Å². The number of nitrogen functional groups attached to an aromatic ring is 1. The van der Waals surface area contributed by atoms with Crippen LogP contribution in [0, 0.1) is 0 Å². The molecule has 0 saturated carbocycles. The molecule has 0 aliphatic carbocycles. The molecule has 0 radical (unpaired) electrons. The van der Waals surface area contributed by atoms with Crippen LogP contribution in [-0.4, -0.2) is 42.3 Å². The number of alkyl halides is 3. The van der Waals surface area contributed by atoms with E-state index in [1.165, 1.54) is 0 Å². The van der Waals surface area contributed by atoms with Crippen LogP contribution in [-0.2, 0) is 4.79 Å². The molecule has 2 aromatic carbocycles. The van der Waals surface area contributed by atoms with E-state index in [1.807, 2.05) is 24.3 Å². The van der Waals surface area contributed by atoms with Gasteiger partial charge in [-0.3, -0.25) is 10.2 Å². The van der Waals surface area contributed by atoms with E-state index in [9.17, 15) is 18.0 Å². The first-order chi connectivity index (χ1) is 15.2. The molecule has 2 aliphatic heterocycles. The highest BCUT2D eigenvalue weighted by Crippen LogP contribution is 2.47. The van der Waals surface area contributed by atoms with Gasteiger partial charge in [0, 0.05) is 21.4 Å². The van der Waals surface area contributed by atoms with Crippen molar-refractivity contribution in [1.82, 2.24) is 10.7 Å². The van der Waals surface area contributed by atoms with Gasteiger partial charge in [-0.1, -0.05) is 23.9 Å². The normalized spacial score (nSPS) is 15.2. The molecule has 2 aromatic rings. The maximum Gasteiger partial charge on any atom is 0.490 e. The van der Waals surface area contributed by atoms with Crippen molar-refractivity contribution in [3.05, 3.63) is 42.0 Å². The summed E-state index contributed by atoms with van der Waals surface area (Å²) in [7, 11) is 0. The minimum absolute atomic E-state index is 0.282. The van der Waals surface area contributed by atoms with Crippen LogP contribution in [0.15, 0.2) is 46.2 Å². The van der Waals surface area contributed by atoms with Gasteiger partial charge in [0.15, 0.2) is 0 Å². The van der Waals surface area contributed by atoms with Gasteiger partial charge < -0.3 is 21.1 Å². The number of rotatable bonds is 3. The first-order valence-corrected chi connectivity index (χ1v) is 10.5. The number of carbonyl (C=O) groups excluding carboxylic acids is 1. The molecule has 8 nitrogen and oxygen atoms in total. The number of piperidine rings is 1. The third kappa shape index (κ3) is 5.84. The van der Waals surface area contributed by atoms with E-state index >= 15 is 0 Å². The van der Waals surface area contributed by atoms with E-state index in [2.05, 4.69) is 33.5 Å². The van der Waals surface area contributed by atoms with Crippen LogP contribution in [0.3, 0.4) is 0 Å². The number of hydrazine groups is 1. The Balaban J connectivity index is 0.000000360. The molecule has 0 unspecified atom stereocenters. The topological polar surface area (TPSA) is 129 Å². The zero-order valence-corrected chi connectivity index (χ0v) is 17.6. The Morgan fingerprint density at radius 1 is 1.12 bits per heavy atom. The molecule has 1 saturated heterocycles. The minimum atomic E-state index is -5.08. The Labute approximate surface area is 186 Å². The number of para-hydroxylation sites is 1. The Hall–Kier alpha value is -2.96. The Morgan fingerprint density at radius 2 is 1.78 bits per heavy atom. The molecule has 1 amide bonds. The second-order valence-electron chi connectivity index (χ2n) is 7.07. The number of benzene rings is 2. The lowest BCUT2D eigenvalue weighted by atomic mass is 10.0. The average molecular weight is 469 g/mol. The highest BCUT2D eigenvalue weighted by molar-refractivity contribution is 7.99. The number of hydrogen-bond donors (Lipinski definition) is 6. The Kier molecular flexibility index (Phi) is 7.48. The summed E-state index contributed by atoms with van der Waals surface area (Å²) >= 11 is 1.67. The number of amides is 1. The standard InChI is InChI=1S/C18H21N5OS.C2HF3O2/c19-23-18(24)11-9-14(21-12-5-7-20-8-6-12)17-16(10-11)25-15-4-2-1-3-13(15)22-17;3-2(4,5)1(6)7/h1-4,9-10,12,20-22H,5-8,19H2,(H,23,24);(H,6,7). The van der Waals surface area contributed by atoms with Crippen molar-refractivity contribution in [2.45, 2.75) is 34.9 Å². The summed E-state index contributed by atoms with van der Waals surface area (Å²) in [6.45, 7) is 2.02. The number of nitrogens with one attached hydrogen (secondary N) is 4. The van der Waals surface area contributed by atoms with Crippen LogP contribution in [0.2, 0.25) is 0 Å². The largest absolute Gasteiger partial charge is 0.490 e. The molecular formula is C20H22F3N5O3S. The van der Waals surface area contributed by atoms with Crippen LogP contribution in [0.1, 0.15) is 23.2 Å². The lowest BCUT2D eigenvalue weighted by molar-refractivity contribution is -0.192. The summed E-state index contributed by atoms with van der Waals surface area (Å²) in [6.07, 6.45) is -2.96. The van der Waals surface area contributed by atoms with Gasteiger partial charge in [0.2, 0.25) is 0 Å². The fraction of sp³-hybridized carbons (Fsp3) is 0.300. The van der Waals surface area contributed by atoms with Gasteiger partial charge in [-0.25, -0.2) is 10.6 Å². The molecule has 0 atom stereocenters. The maximum atomic E-state index is 12.1. The molecule has 4 rings (SSSR count). The minimum Gasteiger partial charge on any atom is -0.475 e. The highest BCUT2D eigenvalue weighted by Gasteiger charge is 2.38. The first-order valence-electron chi connectivity index (χ1n) is 9.69. The average Bonchev–Trinajstić information content (AvgIpc) is 2.77. The van der Waals surface area contributed by atoms with E-state index in [0.29, 0.717) is 11.6 Å². The van der Waals surface area contributed by atoms with Gasteiger partial charge in [0.05, 0.1) is 17.1 Å². The lowest BCUT2D eigenvalue weighted by Gasteiger charge is -2.29. The first kappa shape index (κ1) is 23.7. The summed E-state index contributed by atoms with van der Waals surface area (Å²) in [5.41, 5.74) is 5.85. The van der Waals surface area contributed by atoms with Crippen LogP contribution in [0.4, 0.5) is 30.2 Å². The van der Waals surface area contributed by atoms with Crippen molar-refractivity contribution < 1.29 is 27.9 Å². The van der Waals surface area contributed by atoms with Crippen LogP contribution < -0.4 is 27.2 Å². The number of anilines is 3. The highest BCUT2D eigenvalue weighted by atomic mass is 32.2. The van der Waals surface area contributed by atoms with Crippen LogP contribution in [0.5, 0.6) is 0 Å². The van der Waals surface area contributed by atoms with Gasteiger partial charge in [-0.05, 0) is 50.2 Å². The zero-order chi connectivity index (χ0) is 23.3. The maximum absolute atomic E-state index is 12.1. The fourth-order valence-electron chi connectivity index (χ4n) is 3.25. The lowest BCUT2D eigenvalue weighted by Crippen LogP contribution is -2.35. The van der Waals surface area contributed by atoms with Crippen molar-refractivity contribution in [3.63, 3.8) is 0 Å². The van der Waals surface area contributed by atoms with Crippen molar-refractivity contribution in [2.75, 3.05) is 23.7 Å². The van der Waals surface area contributed by atoms with E-state index in [0.717, 1.165) is 52.8 Å². The number of carbonyl (C=O) groups is 2.